The van der Waals surface area contributed by atoms with Crippen LogP contribution in [-0.4, -0.2) is 34.7 Å². The largest absolute Gasteiger partial charge is 0.478 e. The molecule has 104 valence electrons. The van der Waals surface area contributed by atoms with E-state index in [1.54, 1.807) is 6.92 Å². The Kier molecular flexibility index (Phi) is 5.27. The van der Waals surface area contributed by atoms with Crippen molar-refractivity contribution in [3.05, 3.63) is 29.8 Å². The van der Waals surface area contributed by atoms with Gasteiger partial charge in [0.05, 0.1) is 18.6 Å². The van der Waals surface area contributed by atoms with Gasteiger partial charge in [-0.05, 0) is 31.2 Å². The van der Waals surface area contributed by atoms with Crippen molar-refractivity contribution in [2.45, 2.75) is 13.3 Å². The number of carboxylic acids is 1. The summed E-state index contributed by atoms with van der Waals surface area (Å²) in [6.07, 6.45) is -0.374. The van der Waals surface area contributed by atoms with Gasteiger partial charge in [-0.2, -0.15) is 0 Å². The third-order valence-electron chi connectivity index (χ3n) is 2.44. The van der Waals surface area contributed by atoms with Crippen LogP contribution in [0.25, 0.3) is 0 Å². The molecule has 19 heavy (non-hydrogen) atoms. The molecule has 1 aromatic carbocycles. The van der Waals surface area contributed by atoms with Crippen LogP contribution in [0.15, 0.2) is 24.3 Å². The van der Waals surface area contributed by atoms with Crippen LogP contribution in [0, 0.1) is 0 Å². The smallest absolute Gasteiger partial charge is 0.335 e. The minimum atomic E-state index is -3.67. The van der Waals surface area contributed by atoms with Crippen molar-refractivity contribution in [3.8, 4) is 0 Å². The molecule has 6 nitrogen and oxygen atoms in total. The van der Waals surface area contributed by atoms with Gasteiger partial charge in [0.2, 0.25) is 7.37 Å². The van der Waals surface area contributed by atoms with E-state index >= 15 is 0 Å². The third-order valence-corrected chi connectivity index (χ3v) is 4.38. The minimum Gasteiger partial charge on any atom is -0.478 e. The molecule has 0 aromatic heterocycles. The summed E-state index contributed by atoms with van der Waals surface area (Å²) >= 11 is 0. The molecule has 0 aliphatic rings. The maximum Gasteiger partial charge on any atom is 0.335 e. The van der Waals surface area contributed by atoms with Crippen molar-refractivity contribution < 1.29 is 28.9 Å². The van der Waals surface area contributed by atoms with Crippen molar-refractivity contribution >= 4 is 24.6 Å². The summed E-state index contributed by atoms with van der Waals surface area (Å²) in [6.45, 7) is 1.88. The average molecular weight is 286 g/mol. The fraction of sp³-hybridized carbons (Fsp3) is 0.333. The Hall–Kier alpha value is -1.65. The van der Waals surface area contributed by atoms with Crippen LogP contribution >= 0.6 is 7.37 Å². The number of carbonyl (C=O) groups is 2. The van der Waals surface area contributed by atoms with E-state index in [1.807, 2.05) is 0 Å². The summed E-state index contributed by atoms with van der Waals surface area (Å²) in [6, 6.07) is 5.08. The molecule has 0 spiro atoms. The molecule has 0 aliphatic heterocycles. The standard InChI is InChI=1S/C12H15O6P/c1-2-18-11(13)7-8-19(16,17)10-5-3-9(4-6-10)12(14)15/h3-6H,2,7-8H2,1H3,(H,14,15)(H,16,17). The lowest BCUT2D eigenvalue weighted by molar-refractivity contribution is -0.142. The fourth-order valence-corrected chi connectivity index (χ4v) is 2.80. The lowest BCUT2D eigenvalue weighted by Gasteiger charge is -2.11. The SMILES string of the molecule is CCOC(=O)CCP(=O)(O)c1ccc(C(=O)O)cc1. The van der Waals surface area contributed by atoms with Crippen LogP contribution in [0.5, 0.6) is 0 Å². The predicted molar refractivity (Wildman–Crippen MR) is 69.0 cm³/mol. The fourth-order valence-electron chi connectivity index (χ4n) is 1.44. The summed E-state index contributed by atoms with van der Waals surface area (Å²) in [7, 11) is -3.67. The molecular weight excluding hydrogens is 271 g/mol. The Morgan fingerprint density at radius 1 is 1.26 bits per heavy atom. The second kappa shape index (κ2) is 6.50. The van der Waals surface area contributed by atoms with E-state index in [0.717, 1.165) is 0 Å². The lowest BCUT2D eigenvalue weighted by atomic mass is 10.2. The summed E-state index contributed by atoms with van der Waals surface area (Å²) < 4.78 is 16.7. The number of benzene rings is 1. The Labute approximate surface area is 110 Å². The van der Waals surface area contributed by atoms with Gasteiger partial charge in [-0.1, -0.05) is 0 Å². The van der Waals surface area contributed by atoms with Crippen molar-refractivity contribution in [1.82, 2.24) is 0 Å². The highest BCUT2D eigenvalue weighted by Gasteiger charge is 2.23. The quantitative estimate of drug-likeness (QED) is 0.602. The molecule has 0 heterocycles. The first-order valence-electron chi connectivity index (χ1n) is 5.68. The number of esters is 1. The van der Waals surface area contributed by atoms with Crippen molar-refractivity contribution in [2.75, 3.05) is 12.8 Å². The summed E-state index contributed by atoms with van der Waals surface area (Å²) in [5.74, 6) is -1.63. The predicted octanol–water partition coefficient (Wildman–Crippen LogP) is 1.23. The molecule has 7 heteroatoms. The molecule has 0 radical (unpaired) electrons. The van der Waals surface area contributed by atoms with E-state index in [2.05, 4.69) is 4.74 Å². The van der Waals surface area contributed by atoms with Crippen molar-refractivity contribution in [2.24, 2.45) is 0 Å². The Morgan fingerprint density at radius 3 is 2.32 bits per heavy atom. The molecule has 0 fully saturated rings. The molecule has 0 bridgehead atoms. The third kappa shape index (κ3) is 4.50. The number of aromatic carboxylic acids is 1. The van der Waals surface area contributed by atoms with E-state index < -0.39 is 19.3 Å². The molecule has 1 unspecified atom stereocenters. The van der Waals surface area contributed by atoms with Crippen LogP contribution in [0.4, 0.5) is 0 Å². The zero-order valence-electron chi connectivity index (χ0n) is 10.4. The van der Waals surface area contributed by atoms with Crippen molar-refractivity contribution in [3.63, 3.8) is 0 Å². The summed E-state index contributed by atoms with van der Waals surface area (Å²) in [5.41, 5.74) is 0.0362. The zero-order chi connectivity index (χ0) is 14.5. The summed E-state index contributed by atoms with van der Waals surface area (Å²) in [4.78, 5) is 31.6. The van der Waals surface area contributed by atoms with E-state index in [-0.39, 0.29) is 30.1 Å². The Bertz CT molecular complexity index is 507. The summed E-state index contributed by atoms with van der Waals surface area (Å²) in [5, 5.41) is 8.85. The minimum absolute atomic E-state index is 0.0362. The van der Waals surface area contributed by atoms with Gasteiger partial charge in [-0.25, -0.2) is 4.79 Å². The number of rotatable bonds is 6. The highest BCUT2D eigenvalue weighted by atomic mass is 31.2. The monoisotopic (exact) mass is 286 g/mol. The van der Waals surface area contributed by atoms with Crippen LogP contribution in [-0.2, 0) is 14.1 Å². The molecule has 0 saturated carbocycles. The first kappa shape index (κ1) is 15.4. The number of ether oxygens (including phenoxy) is 1. The van der Waals surface area contributed by atoms with Crippen LogP contribution in [0.3, 0.4) is 0 Å². The molecule has 0 amide bonds. The van der Waals surface area contributed by atoms with E-state index in [4.69, 9.17) is 5.11 Å². The molecular formula is C12H15O6P. The van der Waals surface area contributed by atoms with Gasteiger partial charge in [-0.15, -0.1) is 0 Å². The van der Waals surface area contributed by atoms with E-state index in [0.29, 0.717) is 0 Å². The average Bonchev–Trinajstić information content (AvgIpc) is 2.37. The van der Waals surface area contributed by atoms with Gasteiger partial charge < -0.3 is 14.7 Å². The molecule has 2 N–H and O–H groups in total. The van der Waals surface area contributed by atoms with Crippen LogP contribution in [0.1, 0.15) is 23.7 Å². The van der Waals surface area contributed by atoms with E-state index in [1.165, 1.54) is 24.3 Å². The van der Waals surface area contributed by atoms with Gasteiger partial charge in [0, 0.05) is 11.5 Å². The van der Waals surface area contributed by atoms with Crippen molar-refractivity contribution in [1.29, 1.82) is 0 Å². The molecule has 0 saturated heterocycles. The first-order chi connectivity index (χ1) is 8.86. The number of hydrogen-bond acceptors (Lipinski definition) is 4. The molecule has 1 rings (SSSR count). The molecule has 1 aromatic rings. The second-order valence-corrected chi connectivity index (χ2v) is 6.20. The molecule has 1 atom stereocenters. The zero-order valence-corrected chi connectivity index (χ0v) is 11.3. The molecule has 0 aliphatic carbocycles. The normalized spacial score (nSPS) is 13.6. The Balaban J connectivity index is 2.74. The maximum atomic E-state index is 12.0. The number of carbonyl (C=O) groups excluding carboxylic acids is 1. The van der Waals surface area contributed by atoms with Crippen LogP contribution < -0.4 is 5.30 Å². The van der Waals surface area contributed by atoms with Gasteiger partial charge in [-0.3, -0.25) is 9.36 Å². The Morgan fingerprint density at radius 2 is 1.84 bits per heavy atom. The lowest BCUT2D eigenvalue weighted by Crippen LogP contribution is -2.12. The first-order valence-corrected chi connectivity index (χ1v) is 7.52. The van der Waals surface area contributed by atoms with Crippen LogP contribution in [0.2, 0.25) is 0 Å². The maximum absolute atomic E-state index is 12.0. The van der Waals surface area contributed by atoms with Gasteiger partial charge in [0.1, 0.15) is 0 Å². The topological polar surface area (TPSA) is 101 Å². The second-order valence-electron chi connectivity index (χ2n) is 3.83. The highest BCUT2D eigenvalue weighted by Crippen LogP contribution is 2.39. The number of hydrogen-bond donors (Lipinski definition) is 2. The van der Waals surface area contributed by atoms with Gasteiger partial charge >= 0.3 is 11.9 Å². The van der Waals surface area contributed by atoms with E-state index in [9.17, 15) is 19.0 Å². The van der Waals surface area contributed by atoms with Gasteiger partial charge in [0.15, 0.2) is 0 Å². The number of carboxylic acid groups (broad SMARTS) is 1. The highest BCUT2D eigenvalue weighted by molar-refractivity contribution is 7.66. The van der Waals surface area contributed by atoms with Gasteiger partial charge in [0.25, 0.3) is 0 Å².